The minimum absolute atomic E-state index is 0. The molecule has 0 unspecified atom stereocenters. The number of piperazine rings is 1. The van der Waals surface area contributed by atoms with Gasteiger partial charge in [-0.2, -0.15) is 0 Å². The van der Waals surface area contributed by atoms with Gasteiger partial charge in [0.25, 0.3) is 0 Å². The number of anilines is 1. The van der Waals surface area contributed by atoms with Crippen LogP contribution in [0.15, 0.2) is 29.3 Å². The van der Waals surface area contributed by atoms with E-state index in [2.05, 4.69) is 36.8 Å². The van der Waals surface area contributed by atoms with Crippen molar-refractivity contribution < 1.29 is 5.11 Å². The van der Waals surface area contributed by atoms with Gasteiger partial charge in [-0.3, -0.25) is 0 Å². The third kappa shape index (κ3) is 4.34. The van der Waals surface area contributed by atoms with Crippen LogP contribution in [0.5, 0.6) is 5.75 Å². The lowest BCUT2D eigenvalue weighted by Crippen LogP contribution is -2.52. The van der Waals surface area contributed by atoms with E-state index < -0.39 is 0 Å². The Kier molecular flexibility index (Phi) is 6.97. The van der Waals surface area contributed by atoms with Crippen molar-refractivity contribution in [2.75, 3.05) is 37.6 Å². The monoisotopic (exact) mass is 497 g/mol. The number of hydrogen-bond acceptors (Lipinski definition) is 5. The summed E-state index contributed by atoms with van der Waals surface area (Å²) in [5.41, 5.74) is 0.901. The number of guanidine groups is 1. The van der Waals surface area contributed by atoms with Crippen LogP contribution in [-0.4, -0.2) is 63.5 Å². The second-order valence-corrected chi connectivity index (χ2v) is 6.92. The molecule has 1 saturated heterocycles. The first-order valence-corrected chi connectivity index (χ1v) is 9.73. The van der Waals surface area contributed by atoms with Crippen molar-refractivity contribution >= 4 is 35.6 Å². The zero-order valence-corrected chi connectivity index (χ0v) is 18.5. The molecule has 0 amide bonds. The molecule has 0 spiro atoms. The lowest BCUT2D eigenvalue weighted by molar-refractivity contribution is 0.369. The van der Waals surface area contributed by atoms with E-state index in [4.69, 9.17) is 4.99 Å². The maximum absolute atomic E-state index is 10.1. The number of aryl methyl sites for hydroxylation is 1. The van der Waals surface area contributed by atoms with Crippen LogP contribution in [0.4, 0.5) is 5.69 Å². The fraction of sp³-hybridized carbons (Fsp3) is 0.526. The third-order valence-electron chi connectivity index (χ3n) is 5.19. The molecule has 4 rings (SSSR count). The van der Waals surface area contributed by atoms with Gasteiger partial charge in [0, 0.05) is 45.7 Å². The summed E-state index contributed by atoms with van der Waals surface area (Å²) in [6.45, 7) is 7.89. The molecule has 0 atom stereocenters. The van der Waals surface area contributed by atoms with Crippen molar-refractivity contribution in [1.29, 1.82) is 0 Å². The smallest absolute Gasteiger partial charge is 0.194 e. The average molecular weight is 497 g/mol. The van der Waals surface area contributed by atoms with E-state index in [0.717, 1.165) is 75.4 Å². The number of aliphatic imine (C=N–C) groups is 1. The van der Waals surface area contributed by atoms with Crippen LogP contribution in [0.25, 0.3) is 0 Å². The average Bonchev–Trinajstić information content (AvgIpc) is 3.30. The second-order valence-electron chi connectivity index (χ2n) is 6.92. The van der Waals surface area contributed by atoms with Crippen molar-refractivity contribution in [1.82, 2.24) is 25.0 Å². The number of benzene rings is 1. The lowest BCUT2D eigenvalue weighted by Gasteiger charge is -2.37. The zero-order chi connectivity index (χ0) is 18.6. The largest absolute Gasteiger partial charge is 0.506 e. The first-order chi connectivity index (χ1) is 13.3. The Hall–Kier alpha value is -2.04. The summed E-state index contributed by atoms with van der Waals surface area (Å²) in [7, 11) is 0. The molecule has 3 heterocycles. The summed E-state index contributed by atoms with van der Waals surface area (Å²) in [6.07, 6.45) is 2.17. The molecule has 2 N–H and O–H groups in total. The quantitative estimate of drug-likeness (QED) is 0.381. The Morgan fingerprint density at radius 2 is 1.93 bits per heavy atom. The number of nitrogens with zero attached hydrogens (tertiary/aromatic N) is 6. The van der Waals surface area contributed by atoms with Crippen LogP contribution >= 0.6 is 24.0 Å². The zero-order valence-electron chi connectivity index (χ0n) is 16.2. The second kappa shape index (κ2) is 9.44. The number of fused-ring (bicyclic) bond motifs is 1. The van der Waals surface area contributed by atoms with Crippen LogP contribution in [0.2, 0.25) is 0 Å². The number of phenols is 1. The van der Waals surface area contributed by atoms with Crippen LogP contribution in [0, 0.1) is 0 Å². The predicted molar refractivity (Wildman–Crippen MR) is 120 cm³/mol. The summed E-state index contributed by atoms with van der Waals surface area (Å²) in [5.74, 6) is 3.30. The molecular formula is C19H28IN7O. The molecule has 0 radical (unpaired) electrons. The van der Waals surface area contributed by atoms with Gasteiger partial charge >= 0.3 is 0 Å². The maximum Gasteiger partial charge on any atom is 0.194 e. The predicted octanol–water partition coefficient (Wildman–Crippen LogP) is 1.84. The number of aromatic nitrogens is 3. The highest BCUT2D eigenvalue weighted by Gasteiger charge is 2.22. The van der Waals surface area contributed by atoms with Gasteiger partial charge in [-0.15, -0.1) is 34.2 Å². The van der Waals surface area contributed by atoms with Crippen LogP contribution < -0.4 is 10.2 Å². The van der Waals surface area contributed by atoms with E-state index in [0.29, 0.717) is 12.3 Å². The van der Waals surface area contributed by atoms with Gasteiger partial charge in [0.05, 0.1) is 5.69 Å². The SMILES string of the molecule is CCNC(=NCc1nnc2n1CCC2)N1CCN(c2ccccc2O)CC1.I. The normalized spacial score (nSPS) is 16.7. The van der Waals surface area contributed by atoms with Crippen molar-refractivity contribution in [3.8, 4) is 5.75 Å². The number of halogens is 1. The topological polar surface area (TPSA) is 81.8 Å². The van der Waals surface area contributed by atoms with E-state index >= 15 is 0 Å². The molecule has 28 heavy (non-hydrogen) atoms. The molecule has 2 aromatic rings. The highest BCUT2D eigenvalue weighted by Crippen LogP contribution is 2.27. The van der Waals surface area contributed by atoms with Crippen LogP contribution in [0.1, 0.15) is 25.0 Å². The van der Waals surface area contributed by atoms with Gasteiger partial charge in [0.2, 0.25) is 0 Å². The Labute approximate surface area is 182 Å². The molecular weight excluding hydrogens is 469 g/mol. The molecule has 0 saturated carbocycles. The van der Waals surface area contributed by atoms with Gasteiger partial charge in [-0.25, -0.2) is 4.99 Å². The third-order valence-corrected chi connectivity index (χ3v) is 5.19. The number of nitrogens with one attached hydrogen (secondary N) is 1. The van der Waals surface area contributed by atoms with E-state index in [-0.39, 0.29) is 24.0 Å². The summed E-state index contributed by atoms with van der Waals surface area (Å²) >= 11 is 0. The van der Waals surface area contributed by atoms with Gasteiger partial charge in [0.15, 0.2) is 11.8 Å². The van der Waals surface area contributed by atoms with Crippen LogP contribution in [-0.2, 0) is 19.5 Å². The first kappa shape index (κ1) is 20.7. The Bertz CT molecular complexity index is 814. The summed E-state index contributed by atoms with van der Waals surface area (Å²) < 4.78 is 2.20. The standard InChI is InChI=1S/C19H27N7O.HI/c1-2-20-19(21-14-18-23-22-17-8-5-9-26(17)18)25-12-10-24(11-13-25)15-6-3-4-7-16(15)27;/h3-4,6-7,27H,2,5,8-14H2,1H3,(H,20,21);1H. The van der Waals surface area contributed by atoms with Crippen molar-refractivity contribution in [2.45, 2.75) is 32.9 Å². The van der Waals surface area contributed by atoms with Gasteiger partial charge in [0.1, 0.15) is 18.1 Å². The molecule has 2 aliphatic rings. The summed E-state index contributed by atoms with van der Waals surface area (Å²) in [6, 6.07) is 7.52. The number of rotatable bonds is 4. The van der Waals surface area contributed by atoms with E-state index in [1.54, 1.807) is 6.07 Å². The minimum atomic E-state index is 0. The number of para-hydroxylation sites is 2. The Balaban J connectivity index is 0.00000225. The van der Waals surface area contributed by atoms with Gasteiger partial charge < -0.3 is 24.8 Å². The summed E-state index contributed by atoms with van der Waals surface area (Å²) in [5, 5.41) is 22.0. The lowest BCUT2D eigenvalue weighted by atomic mass is 10.2. The number of hydrogen-bond donors (Lipinski definition) is 2. The first-order valence-electron chi connectivity index (χ1n) is 9.73. The van der Waals surface area contributed by atoms with E-state index in [1.165, 1.54) is 0 Å². The highest BCUT2D eigenvalue weighted by atomic mass is 127. The molecule has 0 bridgehead atoms. The van der Waals surface area contributed by atoms with Crippen molar-refractivity contribution in [3.63, 3.8) is 0 Å². The Morgan fingerprint density at radius 3 is 2.68 bits per heavy atom. The number of aromatic hydroxyl groups is 1. The number of phenolic OH excluding ortho intramolecular Hbond substituents is 1. The van der Waals surface area contributed by atoms with Crippen molar-refractivity contribution in [2.24, 2.45) is 4.99 Å². The minimum Gasteiger partial charge on any atom is -0.506 e. The van der Waals surface area contributed by atoms with E-state index in [9.17, 15) is 5.11 Å². The fourth-order valence-electron chi connectivity index (χ4n) is 3.79. The molecule has 0 aliphatic carbocycles. The van der Waals surface area contributed by atoms with Crippen molar-refractivity contribution in [3.05, 3.63) is 35.9 Å². The fourth-order valence-corrected chi connectivity index (χ4v) is 3.79. The molecule has 1 aromatic heterocycles. The maximum atomic E-state index is 10.1. The molecule has 8 nitrogen and oxygen atoms in total. The molecule has 1 aromatic carbocycles. The van der Waals surface area contributed by atoms with E-state index in [1.807, 2.05) is 18.2 Å². The molecule has 9 heteroatoms. The molecule has 152 valence electrons. The Morgan fingerprint density at radius 1 is 1.14 bits per heavy atom. The van der Waals surface area contributed by atoms with Crippen LogP contribution in [0.3, 0.4) is 0 Å². The molecule has 1 fully saturated rings. The van der Waals surface area contributed by atoms with Gasteiger partial charge in [-0.1, -0.05) is 12.1 Å². The highest BCUT2D eigenvalue weighted by molar-refractivity contribution is 14.0. The summed E-state index contributed by atoms with van der Waals surface area (Å²) in [4.78, 5) is 9.31. The molecule has 2 aliphatic heterocycles. The van der Waals surface area contributed by atoms with Gasteiger partial charge in [-0.05, 0) is 25.5 Å².